The van der Waals surface area contributed by atoms with Crippen molar-refractivity contribution in [3.8, 4) is 45.1 Å². The van der Waals surface area contributed by atoms with Crippen molar-refractivity contribution in [1.82, 2.24) is 14.5 Å². The predicted octanol–water partition coefficient (Wildman–Crippen LogP) is 13.6. The van der Waals surface area contributed by atoms with Crippen LogP contribution >= 0.6 is 0 Å². The number of hydrogen-bond donors (Lipinski definition) is 1. The molecule has 58 heavy (non-hydrogen) atoms. The van der Waals surface area contributed by atoms with E-state index in [0.29, 0.717) is 28.1 Å². The standard InChI is InChI=1S/C49H39F3N3O2.Pt/c1-47(2,3)31-18-21-41(56)39(26-31)46-54-44-34(12-9-14-40(44)55(46)33-19-16-30(17-20-33)49(50,51)52)28-23-29(25-32(24-28)48(4,5)6)37-27-38-35-11-7-8-15-42(35)57-45(38)36-13-10-22-53-43(36)37;/h7-22,24-27,56H,1-6H3;/q-1;. The minimum Gasteiger partial charge on any atom is -0.507 e. The van der Waals surface area contributed by atoms with Gasteiger partial charge < -0.3 is 9.52 Å². The van der Waals surface area contributed by atoms with E-state index < -0.39 is 11.7 Å². The van der Waals surface area contributed by atoms with Gasteiger partial charge in [-0.25, -0.2) is 4.98 Å². The molecule has 294 valence electrons. The summed E-state index contributed by atoms with van der Waals surface area (Å²) in [5, 5.41) is 14.3. The van der Waals surface area contributed by atoms with E-state index in [1.54, 1.807) is 12.3 Å². The van der Waals surface area contributed by atoms with Crippen LogP contribution in [0.3, 0.4) is 0 Å². The van der Waals surface area contributed by atoms with Crippen molar-refractivity contribution >= 4 is 43.9 Å². The van der Waals surface area contributed by atoms with Gasteiger partial charge in [0, 0.05) is 54.6 Å². The molecule has 3 heterocycles. The Balaban J connectivity index is 0.00000469. The number of para-hydroxylation sites is 2. The number of fused-ring (bicyclic) bond motifs is 6. The molecule has 9 rings (SSSR count). The number of aromatic nitrogens is 3. The molecule has 5 nitrogen and oxygen atoms in total. The zero-order chi connectivity index (χ0) is 40.0. The Morgan fingerprint density at radius 2 is 1.29 bits per heavy atom. The molecule has 9 aromatic rings. The van der Waals surface area contributed by atoms with Crippen molar-refractivity contribution < 1.29 is 43.8 Å². The third-order valence-electron chi connectivity index (χ3n) is 10.8. The molecule has 0 amide bonds. The van der Waals surface area contributed by atoms with E-state index in [-0.39, 0.29) is 37.6 Å². The second-order valence-electron chi connectivity index (χ2n) is 16.7. The first-order chi connectivity index (χ1) is 27.1. The number of pyridine rings is 1. The molecule has 3 aromatic heterocycles. The van der Waals surface area contributed by atoms with Crippen LogP contribution in [0.25, 0.3) is 83.2 Å². The summed E-state index contributed by atoms with van der Waals surface area (Å²) < 4.78 is 49.4. The summed E-state index contributed by atoms with van der Waals surface area (Å²) in [6, 6.07) is 38.5. The number of furan rings is 1. The topological polar surface area (TPSA) is 64.1 Å². The van der Waals surface area contributed by atoms with Gasteiger partial charge in [-0.2, -0.15) is 13.2 Å². The van der Waals surface area contributed by atoms with Gasteiger partial charge in [0.05, 0.1) is 22.2 Å². The number of phenolic OH excluding ortho intramolecular Hbond substituents is 1. The summed E-state index contributed by atoms with van der Waals surface area (Å²) in [7, 11) is 0. The van der Waals surface area contributed by atoms with Gasteiger partial charge in [-0.1, -0.05) is 95.1 Å². The van der Waals surface area contributed by atoms with Crippen molar-refractivity contribution in [2.24, 2.45) is 0 Å². The van der Waals surface area contributed by atoms with Crippen LogP contribution in [0, 0.1) is 6.07 Å². The molecule has 0 aliphatic carbocycles. The molecule has 9 heteroatoms. The Morgan fingerprint density at radius 3 is 2.00 bits per heavy atom. The fourth-order valence-corrected chi connectivity index (χ4v) is 7.66. The summed E-state index contributed by atoms with van der Waals surface area (Å²) in [5.41, 5.74) is 8.71. The maximum atomic E-state index is 13.7. The number of aromatic hydroxyl groups is 1. The summed E-state index contributed by atoms with van der Waals surface area (Å²) >= 11 is 0. The third-order valence-corrected chi connectivity index (χ3v) is 10.8. The normalized spacial score (nSPS) is 12.5. The molecular weight excluding hydrogens is 915 g/mol. The minimum absolute atomic E-state index is 0. The molecule has 0 spiro atoms. The van der Waals surface area contributed by atoms with Crippen LogP contribution in [-0.2, 0) is 38.1 Å². The van der Waals surface area contributed by atoms with Gasteiger partial charge in [-0.05, 0) is 77.1 Å². The Kier molecular flexibility index (Phi) is 9.43. The Hall–Kier alpha value is -5.72. The van der Waals surface area contributed by atoms with E-state index in [0.717, 1.165) is 78.4 Å². The first-order valence-corrected chi connectivity index (χ1v) is 18.9. The van der Waals surface area contributed by atoms with Crippen molar-refractivity contribution in [2.45, 2.75) is 58.5 Å². The molecular formula is C49H39F3N3O2Pt-. The molecule has 0 aliphatic rings. The first-order valence-electron chi connectivity index (χ1n) is 18.9. The molecule has 0 saturated heterocycles. The largest absolute Gasteiger partial charge is 0.507 e. The second kappa shape index (κ2) is 14.0. The quantitative estimate of drug-likeness (QED) is 0.179. The van der Waals surface area contributed by atoms with Crippen molar-refractivity contribution in [1.29, 1.82) is 0 Å². The third kappa shape index (κ3) is 6.67. The van der Waals surface area contributed by atoms with E-state index in [2.05, 4.69) is 71.9 Å². The fraction of sp³-hybridized carbons (Fsp3) is 0.184. The number of alkyl halides is 3. The Labute approximate surface area is 348 Å². The molecule has 0 atom stereocenters. The molecule has 0 bridgehead atoms. The zero-order valence-electron chi connectivity index (χ0n) is 32.7. The molecule has 0 unspecified atom stereocenters. The smallest absolute Gasteiger partial charge is 0.416 e. The number of halogens is 3. The fourth-order valence-electron chi connectivity index (χ4n) is 7.66. The van der Waals surface area contributed by atoms with Crippen molar-refractivity contribution in [3.05, 3.63) is 144 Å². The molecule has 0 saturated carbocycles. The molecule has 0 fully saturated rings. The second-order valence-corrected chi connectivity index (χ2v) is 16.7. The zero-order valence-corrected chi connectivity index (χ0v) is 35.0. The van der Waals surface area contributed by atoms with E-state index >= 15 is 0 Å². The van der Waals surface area contributed by atoms with Crippen LogP contribution in [0.5, 0.6) is 5.75 Å². The molecule has 1 N–H and O–H groups in total. The Morgan fingerprint density at radius 1 is 0.621 bits per heavy atom. The van der Waals surface area contributed by atoms with E-state index in [4.69, 9.17) is 14.4 Å². The number of nitrogens with zero attached hydrogens (tertiary/aromatic N) is 3. The van der Waals surface area contributed by atoms with Crippen LogP contribution in [-0.4, -0.2) is 19.6 Å². The predicted molar refractivity (Wildman–Crippen MR) is 223 cm³/mol. The van der Waals surface area contributed by atoms with Crippen LogP contribution < -0.4 is 0 Å². The van der Waals surface area contributed by atoms with Gasteiger partial charge in [0.25, 0.3) is 0 Å². The number of benzene rings is 6. The number of hydrogen-bond acceptors (Lipinski definition) is 4. The van der Waals surface area contributed by atoms with Gasteiger partial charge >= 0.3 is 6.18 Å². The summed E-state index contributed by atoms with van der Waals surface area (Å²) in [5.74, 6) is 0.415. The van der Waals surface area contributed by atoms with Gasteiger partial charge in [0.2, 0.25) is 0 Å². The molecule has 0 aliphatic heterocycles. The van der Waals surface area contributed by atoms with Crippen molar-refractivity contribution in [2.75, 3.05) is 0 Å². The minimum atomic E-state index is -4.49. The van der Waals surface area contributed by atoms with E-state index in [1.807, 2.05) is 65.2 Å². The maximum Gasteiger partial charge on any atom is 0.416 e. The van der Waals surface area contributed by atoms with Gasteiger partial charge in [-0.3, -0.25) is 9.55 Å². The monoisotopic (exact) mass is 953 g/mol. The van der Waals surface area contributed by atoms with Gasteiger partial charge in [-0.15, -0.1) is 34.9 Å². The summed E-state index contributed by atoms with van der Waals surface area (Å²) in [6.07, 6.45) is -2.71. The van der Waals surface area contributed by atoms with Crippen LogP contribution in [0.2, 0.25) is 0 Å². The summed E-state index contributed by atoms with van der Waals surface area (Å²) in [6.45, 7) is 12.8. The van der Waals surface area contributed by atoms with Crippen LogP contribution in [0.1, 0.15) is 58.2 Å². The van der Waals surface area contributed by atoms with Crippen LogP contribution in [0.15, 0.2) is 126 Å². The van der Waals surface area contributed by atoms with E-state index in [1.165, 1.54) is 12.1 Å². The van der Waals surface area contributed by atoms with E-state index in [9.17, 15) is 18.3 Å². The SMILES string of the molecule is CC(C)(C)c1cc(-c2cc3c4ccccc4oc3c3cccnc23)[c-]c(-c2cccc3c2nc(-c2cc(C(C)(C)C)ccc2O)n3-c2ccc(C(F)(F)F)cc2)c1.[Pt]. The van der Waals surface area contributed by atoms with Crippen LogP contribution in [0.4, 0.5) is 13.2 Å². The molecule has 6 aromatic carbocycles. The number of imidazole rings is 1. The van der Waals surface area contributed by atoms with Gasteiger partial charge in [0.15, 0.2) is 0 Å². The molecule has 0 radical (unpaired) electrons. The average molecular weight is 954 g/mol. The summed E-state index contributed by atoms with van der Waals surface area (Å²) in [4.78, 5) is 10.1. The van der Waals surface area contributed by atoms with Crippen molar-refractivity contribution in [3.63, 3.8) is 0 Å². The number of rotatable bonds is 4. The average Bonchev–Trinajstić information content (AvgIpc) is 3.75. The maximum absolute atomic E-state index is 13.7. The first kappa shape index (κ1) is 39.1. The number of phenols is 1. The Bertz CT molecular complexity index is 3040. The van der Waals surface area contributed by atoms with Gasteiger partial charge in [0.1, 0.15) is 22.7 Å².